The summed E-state index contributed by atoms with van der Waals surface area (Å²) in [7, 11) is 0. The van der Waals surface area contributed by atoms with Gasteiger partial charge in [0.1, 0.15) is 115 Å². The molecule has 0 radical (unpaired) electrons. The highest BCUT2D eigenvalue weighted by atomic mass is 35.5. The molecule has 9 N–H and O–H groups in total. The van der Waals surface area contributed by atoms with Crippen LogP contribution >= 0.6 is 34.8 Å². The van der Waals surface area contributed by atoms with Gasteiger partial charge in [0.05, 0.1) is 17.6 Å². The largest absolute Gasteiger partial charge is 1.00 e. The Kier molecular flexibility index (Phi) is 16.6. The lowest BCUT2D eigenvalue weighted by Gasteiger charge is -2.51. The molecule has 0 aromatic rings. The summed E-state index contributed by atoms with van der Waals surface area (Å²) in [5.74, 6) is 0.116. The van der Waals surface area contributed by atoms with Crippen molar-refractivity contribution in [3.63, 3.8) is 0 Å². The number of alkyl halides is 3. The van der Waals surface area contributed by atoms with Crippen LogP contribution in [0.2, 0.25) is 0 Å². The quantitative estimate of drug-likeness (QED) is 0.0408. The second-order valence-electron chi connectivity index (χ2n) is 13.8. The lowest BCUT2D eigenvalue weighted by atomic mass is 10.0. The molecule has 262 valence electrons. The Bertz CT molecular complexity index is 737. The number of halogens is 4. The van der Waals surface area contributed by atoms with E-state index in [1.54, 1.807) is 4.90 Å². The number of aliphatic hydroxyl groups excluding tert-OH is 9. The molecule has 3 heterocycles. The zero-order valence-corrected chi connectivity index (χ0v) is 28.3. The molecule has 0 spiro atoms. The third-order valence-corrected chi connectivity index (χ3v) is 10.2. The van der Waals surface area contributed by atoms with E-state index in [9.17, 15) is 46.0 Å². The number of nitrogens with zero attached hydrogens (tertiary/aromatic N) is 4. The normalized spacial score (nSPS) is 35.8. The predicted molar refractivity (Wildman–Crippen MR) is 162 cm³/mol. The van der Waals surface area contributed by atoms with Crippen LogP contribution in [0, 0.1) is 0 Å². The Morgan fingerprint density at radius 1 is 0.455 bits per heavy atom. The number of hydrogen-bond acceptors (Lipinski definition) is 10. The van der Waals surface area contributed by atoms with E-state index in [1.807, 2.05) is 0 Å². The molecule has 13 nitrogen and oxygen atoms in total. The van der Waals surface area contributed by atoms with E-state index < -0.39 is 54.9 Å². The molecular weight excluding hydrogens is 666 g/mol. The highest BCUT2D eigenvalue weighted by Crippen LogP contribution is 2.26. The predicted octanol–water partition coefficient (Wildman–Crippen LogP) is -7.25. The van der Waals surface area contributed by atoms with Crippen molar-refractivity contribution in [1.29, 1.82) is 0 Å². The first-order valence-electron chi connectivity index (χ1n) is 15.2. The number of quaternary nitrogens is 3. The smallest absolute Gasteiger partial charge is 0.152 e. The molecule has 0 saturated carbocycles. The fourth-order valence-electron chi connectivity index (χ4n) is 7.76. The summed E-state index contributed by atoms with van der Waals surface area (Å²) in [4.78, 5) is 1.78. The maximum absolute atomic E-state index is 11.2. The minimum Gasteiger partial charge on any atom is -1.00 e. The molecule has 3 aliphatic heterocycles. The molecule has 0 bridgehead atoms. The van der Waals surface area contributed by atoms with Gasteiger partial charge in [-0.1, -0.05) is 0 Å². The molecule has 6 unspecified atom stereocenters. The van der Waals surface area contributed by atoms with Crippen LogP contribution in [0.25, 0.3) is 0 Å². The Morgan fingerprint density at radius 2 is 0.659 bits per heavy atom. The van der Waals surface area contributed by atoms with Crippen LogP contribution in [0.4, 0.5) is 0 Å². The zero-order chi connectivity index (χ0) is 32.0. The summed E-state index contributed by atoms with van der Waals surface area (Å²) in [5, 5.41) is 94.0. The van der Waals surface area contributed by atoms with Crippen molar-refractivity contribution in [2.75, 3.05) is 116 Å². The van der Waals surface area contributed by atoms with E-state index in [1.165, 1.54) is 0 Å². The van der Waals surface area contributed by atoms with Gasteiger partial charge in [0.2, 0.25) is 0 Å². The molecule has 17 heteroatoms. The summed E-state index contributed by atoms with van der Waals surface area (Å²) < 4.78 is 0.909. The highest BCUT2D eigenvalue weighted by molar-refractivity contribution is 6.18. The Hall–Kier alpha value is 0.640. The van der Waals surface area contributed by atoms with Crippen molar-refractivity contribution < 1.29 is 71.8 Å². The Balaban J connectivity index is 0.00000675. The van der Waals surface area contributed by atoms with Gasteiger partial charge >= 0.3 is 0 Å². The molecule has 3 rings (SSSR count). The van der Waals surface area contributed by atoms with Gasteiger partial charge in [0.15, 0.2) is 18.3 Å². The molecule has 3 aliphatic rings. The van der Waals surface area contributed by atoms with Gasteiger partial charge in [-0.05, 0) is 0 Å². The van der Waals surface area contributed by atoms with Crippen LogP contribution in [0.1, 0.15) is 0 Å². The van der Waals surface area contributed by atoms with E-state index in [2.05, 4.69) is 0 Å². The molecule has 44 heavy (non-hydrogen) atoms. The minimum absolute atomic E-state index is 0. The van der Waals surface area contributed by atoms with Crippen LogP contribution < -0.4 is 12.4 Å². The molecule has 3 fully saturated rings. The van der Waals surface area contributed by atoms with Gasteiger partial charge < -0.3 is 71.8 Å². The van der Waals surface area contributed by atoms with E-state index in [0.717, 1.165) is 0 Å². The second-order valence-corrected chi connectivity index (χ2v) is 14.7. The monoisotopic (exact) mass is 718 g/mol. The van der Waals surface area contributed by atoms with Crippen LogP contribution in [0.3, 0.4) is 0 Å². The van der Waals surface area contributed by atoms with Crippen molar-refractivity contribution in [1.82, 2.24) is 4.90 Å². The van der Waals surface area contributed by atoms with Gasteiger partial charge in [-0.2, -0.15) is 0 Å². The van der Waals surface area contributed by atoms with Crippen molar-refractivity contribution >= 4 is 34.8 Å². The SMILES string of the molecule is OC(CCl)C[N+]1(CC(O)CN(CC(O)C[N+]2(CC(O)CCl)CC(O)C2)CC(O)C[N+]2(CC(O)CCl)CC(O)C2)CC(O)C1.[Cl-]. The van der Waals surface area contributed by atoms with Gasteiger partial charge in [0, 0.05) is 19.6 Å². The van der Waals surface area contributed by atoms with Crippen LogP contribution in [-0.2, 0) is 0 Å². The topological polar surface area (TPSA) is 185 Å². The molecule has 0 aromatic carbocycles. The van der Waals surface area contributed by atoms with Crippen LogP contribution in [0.15, 0.2) is 0 Å². The Morgan fingerprint density at radius 3 is 0.841 bits per heavy atom. The minimum atomic E-state index is -0.909. The first-order chi connectivity index (χ1) is 20.1. The fraction of sp³-hybridized carbons (Fsp3) is 1.00. The van der Waals surface area contributed by atoms with Gasteiger partial charge in [-0.25, -0.2) is 0 Å². The fourth-order valence-corrected chi connectivity index (χ4v) is 8.05. The Labute approximate surface area is 281 Å². The van der Waals surface area contributed by atoms with E-state index in [4.69, 9.17) is 34.8 Å². The number of aliphatic hydroxyl groups is 9. The summed E-state index contributed by atoms with van der Waals surface area (Å²) in [5.41, 5.74) is 0. The van der Waals surface area contributed by atoms with Gasteiger partial charge in [-0.15, -0.1) is 34.8 Å². The van der Waals surface area contributed by atoms with Crippen molar-refractivity contribution in [2.24, 2.45) is 0 Å². The first-order valence-corrected chi connectivity index (χ1v) is 16.8. The molecule has 0 amide bonds. The van der Waals surface area contributed by atoms with Crippen LogP contribution in [0.5, 0.6) is 0 Å². The summed E-state index contributed by atoms with van der Waals surface area (Å²) in [6.07, 6.45) is -6.67. The first kappa shape index (κ1) is 40.8. The highest BCUT2D eigenvalue weighted by Gasteiger charge is 2.48. The average molecular weight is 721 g/mol. The third-order valence-electron chi connectivity index (χ3n) is 9.12. The van der Waals surface area contributed by atoms with E-state index >= 15 is 0 Å². The standard InChI is InChI=1S/C27H54Cl3N4O9.ClH/c28-1-19(35)7-32(13-25(41)14-32)10-22(38)4-31(5-23(39)11-33(8-20(36)2-29)15-26(42)16-33)6-24(40)12-34(9-21(37)3-30)17-27(43)18-34;/h19-27,35-43H,1-18H2;1H/q+3;/p-1. The number of likely N-dealkylation sites (tertiary alicyclic amines) is 3. The lowest BCUT2D eigenvalue weighted by Crippen LogP contribution is -3.00. The summed E-state index contributed by atoms with van der Waals surface area (Å²) >= 11 is 17.5. The lowest BCUT2D eigenvalue weighted by molar-refractivity contribution is -0.977. The number of rotatable bonds is 21. The average Bonchev–Trinajstić information content (AvgIpc) is 2.85. The molecule has 0 aliphatic carbocycles. The molecule has 0 aromatic heterocycles. The van der Waals surface area contributed by atoms with Crippen LogP contribution in [-0.4, -0.2) is 235 Å². The maximum Gasteiger partial charge on any atom is 0.152 e. The molecular formula is C27H54Cl4N4O9+2. The van der Waals surface area contributed by atoms with E-state index in [0.29, 0.717) is 72.4 Å². The van der Waals surface area contributed by atoms with Crippen molar-refractivity contribution in [3.8, 4) is 0 Å². The van der Waals surface area contributed by atoms with E-state index in [-0.39, 0.29) is 69.3 Å². The van der Waals surface area contributed by atoms with Gasteiger partial charge in [-0.3, -0.25) is 4.90 Å². The number of hydrogen-bond donors (Lipinski definition) is 9. The second kappa shape index (κ2) is 17.9. The third kappa shape index (κ3) is 12.0. The maximum atomic E-state index is 11.2. The summed E-state index contributed by atoms with van der Waals surface area (Å²) in [6, 6.07) is 0. The van der Waals surface area contributed by atoms with Crippen molar-refractivity contribution in [2.45, 2.75) is 54.9 Å². The van der Waals surface area contributed by atoms with Crippen molar-refractivity contribution in [3.05, 3.63) is 0 Å². The van der Waals surface area contributed by atoms with Gasteiger partial charge in [0.25, 0.3) is 0 Å². The molecule has 6 atom stereocenters. The zero-order valence-electron chi connectivity index (χ0n) is 25.2. The summed E-state index contributed by atoms with van der Waals surface area (Å²) in [6.45, 7) is 4.20. The molecule has 3 saturated heterocycles.